The van der Waals surface area contributed by atoms with Crippen molar-refractivity contribution in [2.24, 2.45) is 0 Å². The van der Waals surface area contributed by atoms with Gasteiger partial charge in [0.1, 0.15) is 0 Å². The monoisotopic (exact) mass is 305 g/mol. The lowest BCUT2D eigenvalue weighted by atomic mass is 10.0. The smallest absolute Gasteiger partial charge is 0.191 e. The Kier molecular flexibility index (Phi) is 3.82. The Hall–Kier alpha value is -2.23. The molecule has 0 radical (unpaired) electrons. The van der Waals surface area contributed by atoms with Crippen LogP contribution >= 0.6 is 0 Å². The van der Waals surface area contributed by atoms with E-state index >= 15 is 0 Å². The molecule has 0 amide bonds. The average molecular weight is 305 g/mol. The van der Waals surface area contributed by atoms with E-state index in [0.717, 1.165) is 48.6 Å². The van der Waals surface area contributed by atoms with Gasteiger partial charge in [-0.1, -0.05) is 54.6 Å². The Morgan fingerprint density at radius 3 is 2.43 bits per heavy atom. The average Bonchev–Trinajstić information content (AvgIpc) is 2.89. The second-order valence-electron chi connectivity index (χ2n) is 5.98. The van der Waals surface area contributed by atoms with Crippen molar-refractivity contribution < 1.29 is 9.53 Å². The molecule has 1 aliphatic carbocycles. The number of fused-ring (bicyclic) bond motifs is 1. The summed E-state index contributed by atoms with van der Waals surface area (Å²) in [6.07, 6.45) is 2.04. The summed E-state index contributed by atoms with van der Waals surface area (Å²) in [6, 6.07) is 18.1. The van der Waals surface area contributed by atoms with Crippen molar-refractivity contribution in [1.82, 2.24) is 4.90 Å². The number of ketones is 1. The van der Waals surface area contributed by atoms with Gasteiger partial charge in [0, 0.05) is 24.2 Å². The first-order chi connectivity index (χ1) is 11.3. The minimum atomic E-state index is 0.0443. The molecule has 0 spiro atoms. The number of hydrogen-bond acceptors (Lipinski definition) is 3. The molecule has 23 heavy (non-hydrogen) atoms. The molecule has 1 heterocycles. The minimum absolute atomic E-state index is 0.0443. The van der Waals surface area contributed by atoms with Gasteiger partial charge in [0.15, 0.2) is 5.78 Å². The van der Waals surface area contributed by atoms with Gasteiger partial charge in [-0.15, -0.1) is 0 Å². The summed E-state index contributed by atoms with van der Waals surface area (Å²) in [5, 5.41) is 0. The number of morpholine rings is 1. The minimum Gasteiger partial charge on any atom is -0.379 e. The number of carbonyl (C=O) groups is 1. The zero-order valence-corrected chi connectivity index (χ0v) is 12.9. The molecule has 1 atom stereocenters. The third-order valence-electron chi connectivity index (χ3n) is 4.59. The zero-order chi connectivity index (χ0) is 15.6. The largest absolute Gasteiger partial charge is 0.379 e. The van der Waals surface area contributed by atoms with Crippen LogP contribution in [0.5, 0.6) is 0 Å². The maximum Gasteiger partial charge on any atom is 0.191 e. The molecule has 0 unspecified atom stereocenters. The molecule has 116 valence electrons. The van der Waals surface area contributed by atoms with Crippen LogP contribution in [-0.2, 0) is 4.74 Å². The Morgan fingerprint density at radius 2 is 1.65 bits per heavy atom. The normalized spacial score (nSPS) is 23.2. The molecule has 0 bridgehead atoms. The fourth-order valence-electron chi connectivity index (χ4n) is 3.49. The number of carbonyl (C=O) groups excluding carboxylic acids is 1. The highest BCUT2D eigenvalue weighted by Gasteiger charge is 2.38. The summed E-state index contributed by atoms with van der Waals surface area (Å²) in [5.41, 5.74) is 3.91. The topological polar surface area (TPSA) is 29.5 Å². The molecule has 2 aromatic rings. The lowest BCUT2D eigenvalue weighted by Crippen LogP contribution is -2.39. The molecule has 3 heteroatoms. The van der Waals surface area contributed by atoms with Gasteiger partial charge in [-0.3, -0.25) is 9.69 Å². The quantitative estimate of drug-likeness (QED) is 0.797. The third kappa shape index (κ3) is 2.62. The Balaban J connectivity index is 1.80. The van der Waals surface area contributed by atoms with Crippen molar-refractivity contribution in [3.05, 3.63) is 76.9 Å². The maximum absolute atomic E-state index is 12.9. The third-order valence-corrected chi connectivity index (χ3v) is 4.59. The van der Waals surface area contributed by atoms with E-state index in [4.69, 9.17) is 4.74 Å². The van der Waals surface area contributed by atoms with Gasteiger partial charge in [0.2, 0.25) is 0 Å². The van der Waals surface area contributed by atoms with Crippen LogP contribution in [0.25, 0.3) is 6.08 Å². The van der Waals surface area contributed by atoms with E-state index in [2.05, 4.69) is 11.0 Å². The van der Waals surface area contributed by atoms with Gasteiger partial charge in [0.05, 0.1) is 19.3 Å². The predicted octanol–water partition coefficient (Wildman–Crippen LogP) is 3.34. The van der Waals surface area contributed by atoms with E-state index in [-0.39, 0.29) is 11.8 Å². The van der Waals surface area contributed by atoms with E-state index in [0.29, 0.717) is 0 Å². The predicted molar refractivity (Wildman–Crippen MR) is 90.3 cm³/mol. The molecule has 0 saturated carbocycles. The van der Waals surface area contributed by atoms with Crippen molar-refractivity contribution >= 4 is 11.9 Å². The van der Waals surface area contributed by atoms with Crippen LogP contribution in [-0.4, -0.2) is 37.0 Å². The molecule has 2 aliphatic rings. The molecular weight excluding hydrogens is 286 g/mol. The van der Waals surface area contributed by atoms with Crippen LogP contribution < -0.4 is 0 Å². The standard InChI is InChI=1S/C20H19NO2/c22-20-17-9-5-4-8-16(17)19(21-10-12-23-13-11-21)18(20)14-15-6-2-1-3-7-15/h1-9,14,19H,10-13H2/b18-14-/t19-/m0/s1. The molecule has 0 aromatic heterocycles. The number of rotatable bonds is 2. The van der Waals surface area contributed by atoms with E-state index in [9.17, 15) is 4.79 Å². The van der Waals surface area contributed by atoms with E-state index in [1.54, 1.807) is 0 Å². The van der Waals surface area contributed by atoms with Crippen molar-refractivity contribution in [2.45, 2.75) is 6.04 Å². The summed E-state index contributed by atoms with van der Waals surface area (Å²) in [6.45, 7) is 3.17. The van der Waals surface area contributed by atoms with Crippen molar-refractivity contribution in [3.8, 4) is 0 Å². The summed E-state index contributed by atoms with van der Waals surface area (Å²) < 4.78 is 5.48. The van der Waals surface area contributed by atoms with Crippen LogP contribution in [0.1, 0.15) is 27.5 Å². The van der Waals surface area contributed by atoms with Gasteiger partial charge in [0.25, 0.3) is 0 Å². The van der Waals surface area contributed by atoms with Crippen LogP contribution in [0.4, 0.5) is 0 Å². The molecular formula is C20H19NO2. The van der Waals surface area contributed by atoms with Crippen LogP contribution in [0.3, 0.4) is 0 Å². The van der Waals surface area contributed by atoms with E-state index < -0.39 is 0 Å². The first-order valence-electron chi connectivity index (χ1n) is 8.06. The molecule has 2 aromatic carbocycles. The zero-order valence-electron chi connectivity index (χ0n) is 12.9. The number of ether oxygens (including phenoxy) is 1. The number of nitrogens with zero attached hydrogens (tertiary/aromatic N) is 1. The number of benzene rings is 2. The summed E-state index contributed by atoms with van der Waals surface area (Å²) in [5.74, 6) is 0.154. The van der Waals surface area contributed by atoms with Gasteiger partial charge in [-0.25, -0.2) is 0 Å². The first kappa shape index (κ1) is 14.4. The van der Waals surface area contributed by atoms with Crippen molar-refractivity contribution in [2.75, 3.05) is 26.3 Å². The molecule has 4 rings (SSSR count). The first-order valence-corrected chi connectivity index (χ1v) is 8.06. The van der Waals surface area contributed by atoms with Crippen LogP contribution in [0.2, 0.25) is 0 Å². The molecule has 1 aliphatic heterocycles. The van der Waals surface area contributed by atoms with Crippen LogP contribution in [0.15, 0.2) is 60.2 Å². The highest BCUT2D eigenvalue weighted by atomic mass is 16.5. The van der Waals surface area contributed by atoms with E-state index in [1.165, 1.54) is 0 Å². The summed E-state index contributed by atoms with van der Waals surface area (Å²) in [7, 11) is 0. The summed E-state index contributed by atoms with van der Waals surface area (Å²) >= 11 is 0. The Bertz CT molecular complexity index is 745. The molecule has 3 nitrogen and oxygen atoms in total. The Morgan fingerprint density at radius 1 is 0.957 bits per heavy atom. The fraction of sp³-hybridized carbons (Fsp3) is 0.250. The second-order valence-corrected chi connectivity index (χ2v) is 5.98. The number of Topliss-reactive ketones (excluding diaryl/α,β-unsaturated/α-hetero) is 1. The SMILES string of the molecule is O=C1/C(=C\c2ccccc2)[C@@H](N2CCOCC2)c2ccccc21. The summed E-state index contributed by atoms with van der Waals surface area (Å²) in [4.78, 5) is 15.3. The van der Waals surface area contributed by atoms with Gasteiger partial charge in [-0.2, -0.15) is 0 Å². The van der Waals surface area contributed by atoms with Gasteiger partial charge in [-0.05, 0) is 17.2 Å². The highest BCUT2D eigenvalue weighted by molar-refractivity contribution is 6.16. The van der Waals surface area contributed by atoms with Crippen LogP contribution in [0, 0.1) is 0 Å². The molecule has 1 fully saturated rings. The second kappa shape index (κ2) is 6.11. The number of hydrogen-bond donors (Lipinski definition) is 0. The molecule has 0 N–H and O–H groups in total. The molecule has 1 saturated heterocycles. The lowest BCUT2D eigenvalue weighted by Gasteiger charge is -2.33. The maximum atomic E-state index is 12.9. The lowest BCUT2D eigenvalue weighted by molar-refractivity contribution is 0.0242. The Labute approximate surface area is 136 Å². The highest BCUT2D eigenvalue weighted by Crippen LogP contribution is 2.41. The van der Waals surface area contributed by atoms with Crippen molar-refractivity contribution in [3.63, 3.8) is 0 Å². The van der Waals surface area contributed by atoms with Gasteiger partial charge < -0.3 is 4.74 Å². The fourth-order valence-corrected chi connectivity index (χ4v) is 3.49. The van der Waals surface area contributed by atoms with E-state index in [1.807, 2.05) is 54.6 Å². The van der Waals surface area contributed by atoms with Crippen molar-refractivity contribution in [1.29, 1.82) is 0 Å². The van der Waals surface area contributed by atoms with Gasteiger partial charge >= 0.3 is 0 Å².